The Hall–Kier alpha value is -0.570. The summed E-state index contributed by atoms with van der Waals surface area (Å²) in [5.41, 5.74) is 0.181. The summed E-state index contributed by atoms with van der Waals surface area (Å²) in [7, 11) is 0. The first kappa shape index (κ1) is 12.9. The Morgan fingerprint density at radius 2 is 2.06 bits per heavy atom. The summed E-state index contributed by atoms with van der Waals surface area (Å²) < 4.78 is 5.36. The van der Waals surface area contributed by atoms with E-state index in [1.807, 2.05) is 20.8 Å². The monoisotopic (exact) mass is 239 g/mol. The largest absolute Gasteiger partial charge is 0.459 e. The fourth-order valence-electron chi connectivity index (χ4n) is 3.47. The molecule has 0 aromatic heterocycles. The topological polar surface area (TPSA) is 29.5 Å². The maximum absolute atomic E-state index is 11.7. The lowest BCUT2D eigenvalue weighted by molar-refractivity contribution is -0.156. The van der Waals surface area contributed by atoms with Crippen LogP contribution in [0.25, 0.3) is 0 Å². The lowest BCUT2D eigenvalue weighted by atomic mass is 9.62. The third kappa shape index (κ3) is 3.21. The number of rotatable bonds is 2. The fourth-order valence-corrected chi connectivity index (χ4v) is 3.47. The third-order valence-corrected chi connectivity index (χ3v) is 3.85. The van der Waals surface area contributed by atoms with Crippen molar-refractivity contribution >= 4 is 5.97 Å². The standard InChI is InChI=1S/C14H25NO2/c1-11-7-14(8-11)5-6-15(10-14)9-12(16)17-13(2,3)4/h11H,5-10H2,1-4H3. The van der Waals surface area contributed by atoms with Gasteiger partial charge in [-0.1, -0.05) is 6.92 Å². The van der Waals surface area contributed by atoms with E-state index >= 15 is 0 Å². The van der Waals surface area contributed by atoms with Crippen molar-refractivity contribution in [3.63, 3.8) is 0 Å². The van der Waals surface area contributed by atoms with Crippen molar-refractivity contribution in [2.75, 3.05) is 19.6 Å². The molecular weight excluding hydrogens is 214 g/mol. The number of likely N-dealkylation sites (tertiary alicyclic amines) is 1. The number of nitrogens with zero attached hydrogens (tertiary/aromatic N) is 1. The Labute approximate surface area is 105 Å². The van der Waals surface area contributed by atoms with E-state index in [0.29, 0.717) is 12.0 Å². The summed E-state index contributed by atoms with van der Waals surface area (Å²) in [4.78, 5) is 14.0. The highest BCUT2D eigenvalue weighted by atomic mass is 16.6. The molecule has 0 aromatic rings. The van der Waals surface area contributed by atoms with E-state index in [2.05, 4.69) is 11.8 Å². The molecule has 3 heteroatoms. The van der Waals surface area contributed by atoms with Gasteiger partial charge in [0.05, 0.1) is 6.54 Å². The summed E-state index contributed by atoms with van der Waals surface area (Å²) in [5, 5.41) is 0. The van der Waals surface area contributed by atoms with Crippen LogP contribution in [-0.2, 0) is 9.53 Å². The number of ether oxygens (including phenoxy) is 1. The molecule has 98 valence electrons. The van der Waals surface area contributed by atoms with Crippen molar-refractivity contribution in [3.05, 3.63) is 0 Å². The van der Waals surface area contributed by atoms with Crippen LogP contribution in [0.3, 0.4) is 0 Å². The van der Waals surface area contributed by atoms with Crippen LogP contribution in [-0.4, -0.2) is 36.1 Å². The molecule has 2 fully saturated rings. The lowest BCUT2D eigenvalue weighted by Crippen LogP contribution is -2.40. The summed E-state index contributed by atoms with van der Waals surface area (Å²) in [6, 6.07) is 0. The van der Waals surface area contributed by atoms with Gasteiger partial charge in [-0.25, -0.2) is 0 Å². The van der Waals surface area contributed by atoms with Gasteiger partial charge in [0, 0.05) is 6.54 Å². The van der Waals surface area contributed by atoms with Gasteiger partial charge in [0.2, 0.25) is 0 Å². The van der Waals surface area contributed by atoms with Crippen LogP contribution in [0.15, 0.2) is 0 Å². The zero-order valence-electron chi connectivity index (χ0n) is 11.6. The van der Waals surface area contributed by atoms with Gasteiger partial charge >= 0.3 is 5.97 Å². The number of carbonyl (C=O) groups is 1. The van der Waals surface area contributed by atoms with Crippen molar-refractivity contribution in [1.82, 2.24) is 4.90 Å². The molecule has 2 aliphatic rings. The Morgan fingerprint density at radius 1 is 1.41 bits per heavy atom. The zero-order chi connectivity index (χ0) is 12.7. The van der Waals surface area contributed by atoms with Crippen molar-refractivity contribution < 1.29 is 9.53 Å². The van der Waals surface area contributed by atoms with Crippen molar-refractivity contribution in [2.24, 2.45) is 11.3 Å². The van der Waals surface area contributed by atoms with Crippen LogP contribution in [0.1, 0.15) is 47.0 Å². The van der Waals surface area contributed by atoms with Crippen molar-refractivity contribution in [3.8, 4) is 0 Å². The van der Waals surface area contributed by atoms with E-state index in [0.717, 1.165) is 19.0 Å². The van der Waals surface area contributed by atoms with Crippen LogP contribution in [0.2, 0.25) is 0 Å². The summed E-state index contributed by atoms with van der Waals surface area (Å²) in [5.74, 6) is 0.804. The Bertz CT molecular complexity index is 300. The number of hydrogen-bond acceptors (Lipinski definition) is 3. The number of carbonyl (C=O) groups excluding carboxylic acids is 1. The van der Waals surface area contributed by atoms with Gasteiger partial charge < -0.3 is 4.74 Å². The highest BCUT2D eigenvalue weighted by Crippen LogP contribution is 2.51. The van der Waals surface area contributed by atoms with Gasteiger partial charge in [0.25, 0.3) is 0 Å². The number of hydrogen-bond donors (Lipinski definition) is 0. The SMILES string of the molecule is CC1CC2(CCN(CC(=O)OC(C)(C)C)C2)C1. The predicted molar refractivity (Wildman–Crippen MR) is 67.7 cm³/mol. The van der Waals surface area contributed by atoms with Gasteiger partial charge in [-0.05, 0) is 57.9 Å². The highest BCUT2D eigenvalue weighted by Gasteiger charge is 2.46. The molecular formula is C14H25NO2. The molecule has 0 aromatic carbocycles. The highest BCUT2D eigenvalue weighted by molar-refractivity contribution is 5.72. The molecule has 0 N–H and O–H groups in total. The first-order valence-electron chi connectivity index (χ1n) is 6.72. The smallest absolute Gasteiger partial charge is 0.320 e. The first-order chi connectivity index (χ1) is 7.78. The average Bonchev–Trinajstić information content (AvgIpc) is 2.44. The van der Waals surface area contributed by atoms with E-state index in [1.165, 1.54) is 19.3 Å². The molecule has 0 atom stereocenters. The van der Waals surface area contributed by atoms with Gasteiger partial charge in [0.1, 0.15) is 5.60 Å². The quantitative estimate of drug-likeness (QED) is 0.693. The van der Waals surface area contributed by atoms with Crippen LogP contribution in [0.5, 0.6) is 0 Å². The van der Waals surface area contributed by atoms with E-state index in [4.69, 9.17) is 4.74 Å². The predicted octanol–water partition coefficient (Wildman–Crippen LogP) is 2.45. The normalized spacial score (nSPS) is 33.8. The fraction of sp³-hybridized carbons (Fsp3) is 0.929. The molecule has 1 spiro atoms. The zero-order valence-corrected chi connectivity index (χ0v) is 11.6. The van der Waals surface area contributed by atoms with Gasteiger partial charge in [-0.3, -0.25) is 9.69 Å². The Balaban J connectivity index is 1.76. The molecule has 3 nitrogen and oxygen atoms in total. The summed E-state index contributed by atoms with van der Waals surface area (Å²) >= 11 is 0. The molecule has 1 aliphatic heterocycles. The van der Waals surface area contributed by atoms with Crippen molar-refractivity contribution in [2.45, 2.75) is 52.6 Å². The second-order valence-electron chi connectivity index (χ2n) is 7.06. The minimum atomic E-state index is -0.362. The minimum Gasteiger partial charge on any atom is -0.459 e. The minimum absolute atomic E-state index is 0.0816. The molecule has 0 unspecified atom stereocenters. The summed E-state index contributed by atoms with van der Waals surface area (Å²) in [6.45, 7) is 10.7. The van der Waals surface area contributed by atoms with Crippen LogP contribution in [0.4, 0.5) is 0 Å². The molecule has 1 heterocycles. The average molecular weight is 239 g/mol. The van der Waals surface area contributed by atoms with Crippen LogP contribution in [0, 0.1) is 11.3 Å². The van der Waals surface area contributed by atoms with Crippen molar-refractivity contribution in [1.29, 1.82) is 0 Å². The van der Waals surface area contributed by atoms with Crippen LogP contribution < -0.4 is 0 Å². The van der Waals surface area contributed by atoms with Crippen LogP contribution >= 0.6 is 0 Å². The molecule has 0 bridgehead atoms. The van der Waals surface area contributed by atoms with Gasteiger partial charge in [0.15, 0.2) is 0 Å². The molecule has 0 radical (unpaired) electrons. The lowest BCUT2D eigenvalue weighted by Gasteiger charge is -2.43. The Kier molecular flexibility index (Phi) is 3.23. The molecule has 1 saturated carbocycles. The summed E-state index contributed by atoms with van der Waals surface area (Å²) in [6.07, 6.45) is 3.95. The molecule has 1 aliphatic carbocycles. The van der Waals surface area contributed by atoms with E-state index in [1.54, 1.807) is 0 Å². The second kappa shape index (κ2) is 4.27. The van der Waals surface area contributed by atoms with Gasteiger partial charge in [-0.15, -0.1) is 0 Å². The number of esters is 1. The Morgan fingerprint density at radius 3 is 2.59 bits per heavy atom. The maximum atomic E-state index is 11.7. The van der Waals surface area contributed by atoms with E-state index < -0.39 is 0 Å². The maximum Gasteiger partial charge on any atom is 0.320 e. The molecule has 17 heavy (non-hydrogen) atoms. The molecule has 0 amide bonds. The third-order valence-electron chi connectivity index (χ3n) is 3.85. The molecule has 2 rings (SSSR count). The second-order valence-corrected chi connectivity index (χ2v) is 7.06. The first-order valence-corrected chi connectivity index (χ1v) is 6.72. The van der Waals surface area contributed by atoms with E-state index in [-0.39, 0.29) is 11.6 Å². The van der Waals surface area contributed by atoms with E-state index in [9.17, 15) is 4.79 Å². The molecule has 1 saturated heterocycles. The van der Waals surface area contributed by atoms with Gasteiger partial charge in [-0.2, -0.15) is 0 Å².